The molecule has 0 atom stereocenters. The summed E-state index contributed by atoms with van der Waals surface area (Å²) in [7, 11) is 0. The Balaban J connectivity index is 2.44. The van der Waals surface area contributed by atoms with Crippen LogP contribution in [0.1, 0.15) is 18.2 Å². The van der Waals surface area contributed by atoms with E-state index < -0.39 is 0 Å². The smallest absolute Gasteiger partial charge is 0.133 e. The zero-order valence-electron chi connectivity index (χ0n) is 8.87. The number of hydrogen-bond donors (Lipinski definition) is 0. The van der Waals surface area contributed by atoms with Crippen LogP contribution in [0.25, 0.3) is 5.69 Å². The Labute approximate surface area is 94.5 Å². The molecular formula is C12H13ClN2. The van der Waals surface area contributed by atoms with E-state index in [2.05, 4.69) is 31.1 Å². The molecule has 0 aliphatic carbocycles. The molecule has 2 nitrogen and oxygen atoms in total. The summed E-state index contributed by atoms with van der Waals surface area (Å²) >= 11 is 6.10. The third-order valence-electron chi connectivity index (χ3n) is 2.36. The highest BCUT2D eigenvalue weighted by atomic mass is 35.5. The van der Waals surface area contributed by atoms with E-state index in [4.69, 9.17) is 11.6 Å². The molecular weight excluding hydrogens is 208 g/mol. The predicted octanol–water partition coefficient (Wildman–Crippen LogP) is 3.40. The zero-order chi connectivity index (χ0) is 10.8. The summed E-state index contributed by atoms with van der Waals surface area (Å²) in [5.41, 5.74) is 3.25. The molecule has 0 bridgehead atoms. The van der Waals surface area contributed by atoms with Crippen LogP contribution in [0.3, 0.4) is 0 Å². The van der Waals surface area contributed by atoms with Gasteiger partial charge in [-0.15, -0.1) is 0 Å². The van der Waals surface area contributed by atoms with Gasteiger partial charge >= 0.3 is 0 Å². The Hall–Kier alpha value is -1.28. The summed E-state index contributed by atoms with van der Waals surface area (Å²) in [5.74, 6) is 0. The summed E-state index contributed by atoms with van der Waals surface area (Å²) in [6, 6.07) is 10.1. The lowest BCUT2D eigenvalue weighted by Gasteiger charge is -2.02. The molecule has 15 heavy (non-hydrogen) atoms. The molecule has 2 rings (SSSR count). The predicted molar refractivity (Wildman–Crippen MR) is 62.7 cm³/mol. The standard InChI is InChI=1S/C12H13ClN2/c1-3-10-8-12(13)15(14-10)11-6-4-9(2)5-7-11/h4-8H,3H2,1-2H3. The van der Waals surface area contributed by atoms with Gasteiger partial charge in [0, 0.05) is 0 Å². The van der Waals surface area contributed by atoms with Gasteiger partial charge in [0.05, 0.1) is 11.4 Å². The normalized spacial score (nSPS) is 10.6. The van der Waals surface area contributed by atoms with Gasteiger partial charge in [0.15, 0.2) is 0 Å². The summed E-state index contributed by atoms with van der Waals surface area (Å²) in [4.78, 5) is 0. The largest absolute Gasteiger partial charge is 0.222 e. The molecule has 0 N–H and O–H groups in total. The van der Waals surface area contributed by atoms with Crippen LogP contribution in [-0.4, -0.2) is 9.78 Å². The summed E-state index contributed by atoms with van der Waals surface area (Å²) < 4.78 is 1.76. The van der Waals surface area contributed by atoms with Gasteiger partial charge in [-0.05, 0) is 31.5 Å². The molecule has 78 valence electrons. The van der Waals surface area contributed by atoms with Gasteiger partial charge in [0.2, 0.25) is 0 Å². The maximum Gasteiger partial charge on any atom is 0.133 e. The fourth-order valence-corrected chi connectivity index (χ4v) is 1.70. The van der Waals surface area contributed by atoms with Crippen molar-refractivity contribution in [3.8, 4) is 5.69 Å². The summed E-state index contributed by atoms with van der Waals surface area (Å²) in [6.07, 6.45) is 0.901. The first kappa shape index (κ1) is 10.2. The molecule has 0 aliphatic rings. The van der Waals surface area contributed by atoms with Gasteiger partial charge < -0.3 is 0 Å². The van der Waals surface area contributed by atoms with Crippen molar-refractivity contribution < 1.29 is 0 Å². The highest BCUT2D eigenvalue weighted by molar-refractivity contribution is 6.29. The van der Waals surface area contributed by atoms with Gasteiger partial charge in [0.25, 0.3) is 0 Å². The number of rotatable bonds is 2. The van der Waals surface area contributed by atoms with Gasteiger partial charge in [0.1, 0.15) is 5.15 Å². The van der Waals surface area contributed by atoms with Crippen LogP contribution in [0.2, 0.25) is 5.15 Å². The lowest BCUT2D eigenvalue weighted by atomic mass is 10.2. The molecule has 0 saturated carbocycles. The van der Waals surface area contributed by atoms with E-state index in [1.807, 2.05) is 18.2 Å². The highest BCUT2D eigenvalue weighted by Crippen LogP contribution is 2.17. The van der Waals surface area contributed by atoms with Gasteiger partial charge in [-0.1, -0.05) is 36.2 Å². The molecule has 0 saturated heterocycles. The van der Waals surface area contributed by atoms with E-state index in [-0.39, 0.29) is 0 Å². The topological polar surface area (TPSA) is 17.8 Å². The Morgan fingerprint density at radius 1 is 1.27 bits per heavy atom. The number of aryl methyl sites for hydroxylation is 2. The lowest BCUT2D eigenvalue weighted by Crippen LogP contribution is -1.97. The number of nitrogens with zero attached hydrogens (tertiary/aromatic N) is 2. The molecule has 0 fully saturated rings. The minimum absolute atomic E-state index is 0.663. The van der Waals surface area contributed by atoms with Crippen molar-refractivity contribution in [1.82, 2.24) is 9.78 Å². The Kier molecular flexibility index (Phi) is 2.78. The average molecular weight is 221 g/mol. The van der Waals surface area contributed by atoms with Crippen LogP contribution in [-0.2, 0) is 6.42 Å². The van der Waals surface area contributed by atoms with Crippen LogP contribution >= 0.6 is 11.6 Å². The molecule has 2 aromatic rings. The average Bonchev–Trinajstić information content (AvgIpc) is 2.61. The maximum absolute atomic E-state index is 6.10. The first-order valence-corrected chi connectivity index (χ1v) is 5.40. The van der Waals surface area contributed by atoms with Crippen LogP contribution in [0.5, 0.6) is 0 Å². The molecule has 0 aliphatic heterocycles. The molecule has 0 amide bonds. The summed E-state index contributed by atoms with van der Waals surface area (Å²) in [6.45, 7) is 4.13. The Morgan fingerprint density at radius 3 is 2.47 bits per heavy atom. The van der Waals surface area contributed by atoms with Gasteiger partial charge in [-0.25, -0.2) is 4.68 Å². The zero-order valence-corrected chi connectivity index (χ0v) is 9.62. The molecule has 0 spiro atoms. The van der Waals surface area contributed by atoms with Crippen molar-refractivity contribution in [2.24, 2.45) is 0 Å². The SMILES string of the molecule is CCc1cc(Cl)n(-c2ccc(C)cc2)n1. The second kappa shape index (κ2) is 4.07. The van der Waals surface area contributed by atoms with E-state index in [9.17, 15) is 0 Å². The fraction of sp³-hybridized carbons (Fsp3) is 0.250. The third-order valence-corrected chi connectivity index (χ3v) is 2.63. The van der Waals surface area contributed by atoms with Crippen LogP contribution < -0.4 is 0 Å². The molecule has 3 heteroatoms. The Bertz CT molecular complexity index is 457. The second-order valence-electron chi connectivity index (χ2n) is 3.56. The van der Waals surface area contributed by atoms with E-state index in [1.165, 1.54) is 5.56 Å². The van der Waals surface area contributed by atoms with Crippen LogP contribution in [0.15, 0.2) is 30.3 Å². The number of aromatic nitrogens is 2. The van der Waals surface area contributed by atoms with Crippen LogP contribution in [0.4, 0.5) is 0 Å². The summed E-state index contributed by atoms with van der Waals surface area (Å²) in [5, 5.41) is 5.08. The van der Waals surface area contributed by atoms with Crippen molar-refractivity contribution in [3.63, 3.8) is 0 Å². The first-order chi connectivity index (χ1) is 7.20. The van der Waals surface area contributed by atoms with E-state index >= 15 is 0 Å². The number of halogens is 1. The highest BCUT2D eigenvalue weighted by Gasteiger charge is 2.05. The molecule has 1 heterocycles. The number of hydrogen-bond acceptors (Lipinski definition) is 1. The van der Waals surface area contributed by atoms with Crippen molar-refractivity contribution in [1.29, 1.82) is 0 Å². The van der Waals surface area contributed by atoms with Crippen molar-refractivity contribution in [2.75, 3.05) is 0 Å². The van der Waals surface area contributed by atoms with Gasteiger partial charge in [-0.2, -0.15) is 5.10 Å². The fourth-order valence-electron chi connectivity index (χ4n) is 1.44. The monoisotopic (exact) mass is 220 g/mol. The first-order valence-electron chi connectivity index (χ1n) is 5.02. The van der Waals surface area contributed by atoms with E-state index in [0.29, 0.717) is 5.15 Å². The molecule has 1 aromatic heterocycles. The number of benzene rings is 1. The minimum atomic E-state index is 0.663. The van der Waals surface area contributed by atoms with Crippen molar-refractivity contribution >= 4 is 11.6 Å². The lowest BCUT2D eigenvalue weighted by molar-refractivity contribution is 0.841. The second-order valence-corrected chi connectivity index (χ2v) is 3.95. The minimum Gasteiger partial charge on any atom is -0.222 e. The van der Waals surface area contributed by atoms with Crippen LogP contribution in [0, 0.1) is 6.92 Å². The quantitative estimate of drug-likeness (QED) is 0.759. The van der Waals surface area contributed by atoms with Gasteiger partial charge in [-0.3, -0.25) is 0 Å². The van der Waals surface area contributed by atoms with E-state index in [0.717, 1.165) is 17.8 Å². The maximum atomic E-state index is 6.10. The van der Waals surface area contributed by atoms with Crippen molar-refractivity contribution in [3.05, 3.63) is 46.7 Å². The molecule has 1 aromatic carbocycles. The van der Waals surface area contributed by atoms with E-state index in [1.54, 1.807) is 4.68 Å². The van der Waals surface area contributed by atoms with Crippen molar-refractivity contribution in [2.45, 2.75) is 20.3 Å². The Morgan fingerprint density at radius 2 is 1.93 bits per heavy atom. The molecule has 0 unspecified atom stereocenters. The third kappa shape index (κ3) is 2.05. The molecule has 0 radical (unpaired) electrons.